The summed E-state index contributed by atoms with van der Waals surface area (Å²) in [6.07, 6.45) is 6.75. The summed E-state index contributed by atoms with van der Waals surface area (Å²) >= 11 is 5.36. The van der Waals surface area contributed by atoms with E-state index in [1.807, 2.05) is 12.1 Å². The number of benzene rings is 1. The van der Waals surface area contributed by atoms with Crippen molar-refractivity contribution in [1.82, 2.24) is 10.7 Å². The molecule has 6 nitrogen and oxygen atoms in total. The number of rotatable bonds is 6. The second-order valence-electron chi connectivity index (χ2n) is 5.24. The van der Waals surface area contributed by atoms with E-state index in [0.717, 1.165) is 5.69 Å². The van der Waals surface area contributed by atoms with Crippen LogP contribution in [0.2, 0.25) is 0 Å². The van der Waals surface area contributed by atoms with Gasteiger partial charge in [-0.3, -0.25) is 15.6 Å². The molecule has 0 aromatic heterocycles. The molecular formula is C15H22N4O2S. The molecular weight excluding hydrogens is 300 g/mol. The Morgan fingerprint density at radius 3 is 2.77 bits per heavy atom. The molecule has 0 atom stereocenters. The lowest BCUT2D eigenvalue weighted by Crippen LogP contribution is -2.38. The highest BCUT2D eigenvalue weighted by atomic mass is 32.1. The molecule has 1 saturated carbocycles. The maximum Gasteiger partial charge on any atom is 0.225 e. The molecule has 120 valence electrons. The highest BCUT2D eigenvalue weighted by Crippen LogP contribution is 2.27. The van der Waals surface area contributed by atoms with Crippen LogP contribution in [0.3, 0.4) is 0 Å². The lowest BCUT2D eigenvalue weighted by atomic mass is 9.96. The van der Waals surface area contributed by atoms with Crippen LogP contribution < -0.4 is 26.2 Å². The van der Waals surface area contributed by atoms with Gasteiger partial charge in [-0.15, -0.1) is 0 Å². The highest BCUT2D eigenvalue weighted by Gasteiger charge is 2.14. The van der Waals surface area contributed by atoms with Gasteiger partial charge in [-0.2, -0.15) is 0 Å². The topological polar surface area (TPSA) is 74.4 Å². The van der Waals surface area contributed by atoms with Crippen LogP contribution >= 0.6 is 12.2 Å². The Kier molecular flexibility index (Phi) is 6.27. The average molecular weight is 322 g/mol. The summed E-state index contributed by atoms with van der Waals surface area (Å²) in [4.78, 5) is 10.3. The predicted octanol–water partition coefficient (Wildman–Crippen LogP) is 2.39. The van der Waals surface area contributed by atoms with Crippen LogP contribution in [0.4, 0.5) is 11.4 Å². The summed E-state index contributed by atoms with van der Waals surface area (Å²) in [5, 5.41) is 7.15. The number of ether oxygens (including phenoxy) is 1. The molecule has 22 heavy (non-hydrogen) atoms. The first-order valence-electron chi connectivity index (χ1n) is 7.43. The van der Waals surface area contributed by atoms with E-state index in [4.69, 9.17) is 17.0 Å². The largest absolute Gasteiger partial charge is 0.494 e. The van der Waals surface area contributed by atoms with Gasteiger partial charge in [0.2, 0.25) is 6.41 Å². The summed E-state index contributed by atoms with van der Waals surface area (Å²) in [5.74, 6) is 0.611. The van der Waals surface area contributed by atoms with Gasteiger partial charge < -0.3 is 15.4 Å². The number of thiocarbonyl (C=S) groups is 1. The molecule has 0 heterocycles. The van der Waals surface area contributed by atoms with Gasteiger partial charge in [0.15, 0.2) is 5.11 Å². The van der Waals surface area contributed by atoms with E-state index in [1.54, 1.807) is 13.2 Å². The maximum atomic E-state index is 10.3. The first kappa shape index (κ1) is 16.4. The van der Waals surface area contributed by atoms with Crippen molar-refractivity contribution < 1.29 is 9.53 Å². The van der Waals surface area contributed by atoms with Crippen molar-refractivity contribution in [3.63, 3.8) is 0 Å². The van der Waals surface area contributed by atoms with Crippen molar-refractivity contribution >= 4 is 35.1 Å². The molecule has 0 aliphatic heterocycles. The summed E-state index contributed by atoms with van der Waals surface area (Å²) < 4.78 is 5.29. The van der Waals surface area contributed by atoms with Crippen LogP contribution in [-0.2, 0) is 4.79 Å². The van der Waals surface area contributed by atoms with E-state index >= 15 is 0 Å². The van der Waals surface area contributed by atoms with E-state index < -0.39 is 0 Å². The van der Waals surface area contributed by atoms with Gasteiger partial charge in [-0.05, 0) is 37.2 Å². The quantitative estimate of drug-likeness (QED) is 0.366. The first-order chi connectivity index (χ1) is 10.7. The molecule has 4 N–H and O–H groups in total. The number of hydrogen-bond acceptors (Lipinski definition) is 4. The molecule has 7 heteroatoms. The number of hydrogen-bond donors (Lipinski definition) is 4. The fraction of sp³-hybridized carbons (Fsp3) is 0.467. The van der Waals surface area contributed by atoms with E-state index in [2.05, 4.69) is 21.5 Å². The summed E-state index contributed by atoms with van der Waals surface area (Å²) in [6, 6.07) is 5.96. The molecule has 0 saturated heterocycles. The minimum absolute atomic E-state index is 0.466. The van der Waals surface area contributed by atoms with Crippen molar-refractivity contribution in [3.05, 3.63) is 18.2 Å². The minimum atomic E-state index is 0.466. The van der Waals surface area contributed by atoms with Gasteiger partial charge in [0.05, 0.1) is 12.8 Å². The number of carbonyl (C=O) groups is 1. The zero-order valence-corrected chi connectivity index (χ0v) is 13.5. The fourth-order valence-electron chi connectivity index (χ4n) is 2.58. The van der Waals surface area contributed by atoms with E-state index in [1.165, 1.54) is 32.1 Å². The van der Waals surface area contributed by atoms with Gasteiger partial charge in [-0.25, -0.2) is 0 Å². The SMILES string of the molecule is COc1cc(NC(=S)NC2CCCCC2)ccc1NNC=O. The fourth-order valence-corrected chi connectivity index (χ4v) is 2.86. The lowest BCUT2D eigenvalue weighted by Gasteiger charge is -2.24. The van der Waals surface area contributed by atoms with E-state index in [-0.39, 0.29) is 0 Å². The molecule has 1 amide bonds. The zero-order chi connectivity index (χ0) is 15.8. The minimum Gasteiger partial charge on any atom is -0.494 e. The standard InChI is InChI=1S/C15H22N4O2S/c1-21-14-9-12(7-8-13(14)19-16-10-20)18-15(22)17-11-5-3-2-4-6-11/h7-11,19H,2-6H2,1H3,(H,16,20)(H2,17,18,22). The molecule has 0 bridgehead atoms. The van der Waals surface area contributed by atoms with E-state index in [0.29, 0.717) is 29.0 Å². The summed E-state index contributed by atoms with van der Waals surface area (Å²) in [6.45, 7) is 0. The molecule has 1 aromatic carbocycles. The molecule has 0 spiro atoms. The molecule has 0 unspecified atom stereocenters. The first-order valence-corrected chi connectivity index (χ1v) is 7.84. The van der Waals surface area contributed by atoms with Crippen LogP contribution in [0.25, 0.3) is 0 Å². The smallest absolute Gasteiger partial charge is 0.225 e. The van der Waals surface area contributed by atoms with Crippen LogP contribution in [0.5, 0.6) is 5.75 Å². The van der Waals surface area contributed by atoms with Crippen molar-refractivity contribution in [3.8, 4) is 5.75 Å². The third-order valence-electron chi connectivity index (χ3n) is 3.67. The van der Waals surface area contributed by atoms with Gasteiger partial charge in [0.25, 0.3) is 0 Å². The monoisotopic (exact) mass is 322 g/mol. The Hall–Kier alpha value is -2.02. The van der Waals surface area contributed by atoms with Gasteiger partial charge >= 0.3 is 0 Å². The zero-order valence-electron chi connectivity index (χ0n) is 12.6. The van der Waals surface area contributed by atoms with Crippen LogP contribution in [0, 0.1) is 0 Å². The number of amides is 1. The molecule has 2 rings (SSSR count). The maximum absolute atomic E-state index is 10.3. The number of carbonyl (C=O) groups excluding carboxylic acids is 1. The lowest BCUT2D eigenvalue weighted by molar-refractivity contribution is -0.109. The average Bonchev–Trinajstić information content (AvgIpc) is 2.54. The van der Waals surface area contributed by atoms with Crippen LogP contribution in [-0.4, -0.2) is 24.7 Å². The molecule has 0 radical (unpaired) electrons. The second kappa shape index (κ2) is 8.43. The van der Waals surface area contributed by atoms with Crippen LogP contribution in [0.15, 0.2) is 18.2 Å². The predicted molar refractivity (Wildman–Crippen MR) is 92.0 cm³/mol. The second-order valence-corrected chi connectivity index (χ2v) is 5.64. The summed E-state index contributed by atoms with van der Waals surface area (Å²) in [7, 11) is 1.57. The number of anilines is 2. The van der Waals surface area contributed by atoms with Gasteiger partial charge in [-0.1, -0.05) is 19.3 Å². The van der Waals surface area contributed by atoms with Gasteiger partial charge in [0.1, 0.15) is 5.75 Å². The molecule has 1 aliphatic carbocycles. The number of nitrogens with one attached hydrogen (secondary N) is 4. The Labute approximate surface area is 136 Å². The highest BCUT2D eigenvalue weighted by molar-refractivity contribution is 7.80. The Morgan fingerprint density at radius 2 is 2.09 bits per heavy atom. The summed E-state index contributed by atoms with van der Waals surface area (Å²) in [5.41, 5.74) is 6.63. The Bertz CT molecular complexity index is 518. The Morgan fingerprint density at radius 1 is 1.32 bits per heavy atom. The third-order valence-corrected chi connectivity index (χ3v) is 3.89. The van der Waals surface area contributed by atoms with E-state index in [9.17, 15) is 4.79 Å². The molecule has 1 fully saturated rings. The van der Waals surface area contributed by atoms with Crippen LogP contribution in [0.1, 0.15) is 32.1 Å². The molecule has 1 aromatic rings. The van der Waals surface area contributed by atoms with Crippen molar-refractivity contribution in [1.29, 1.82) is 0 Å². The van der Waals surface area contributed by atoms with Gasteiger partial charge in [0, 0.05) is 17.8 Å². The van der Waals surface area contributed by atoms with Crippen molar-refractivity contribution in [2.75, 3.05) is 17.9 Å². The molecule has 1 aliphatic rings. The Balaban J connectivity index is 1.93. The number of methoxy groups -OCH3 is 1. The normalized spacial score (nSPS) is 14.8. The van der Waals surface area contributed by atoms with Crippen molar-refractivity contribution in [2.45, 2.75) is 38.1 Å². The number of hydrazine groups is 1. The third kappa shape index (κ3) is 4.77. The van der Waals surface area contributed by atoms with Crippen molar-refractivity contribution in [2.24, 2.45) is 0 Å².